The predicted octanol–water partition coefficient (Wildman–Crippen LogP) is 2.59. The van der Waals surface area contributed by atoms with Crippen molar-refractivity contribution < 1.29 is 9.90 Å². The summed E-state index contributed by atoms with van der Waals surface area (Å²) in [5.41, 5.74) is 4.84. The number of hydrogen-bond donors (Lipinski definition) is 1. The van der Waals surface area contributed by atoms with Crippen molar-refractivity contribution >= 4 is 5.97 Å². The average molecular weight is 258 g/mol. The molecule has 1 aromatic carbocycles. The van der Waals surface area contributed by atoms with Crippen LogP contribution >= 0.6 is 0 Å². The Labute approximate surface area is 112 Å². The Morgan fingerprint density at radius 2 is 1.95 bits per heavy atom. The lowest BCUT2D eigenvalue weighted by Crippen LogP contribution is -2.07. The number of aliphatic carboxylic acids is 1. The maximum absolute atomic E-state index is 11.0. The monoisotopic (exact) mass is 258 g/mol. The number of rotatable bonds is 4. The van der Waals surface area contributed by atoms with Crippen LogP contribution in [0.4, 0.5) is 0 Å². The summed E-state index contributed by atoms with van der Waals surface area (Å²) in [5, 5.41) is 13.3. The van der Waals surface area contributed by atoms with Crippen molar-refractivity contribution in [3.8, 4) is 11.1 Å². The Kier molecular flexibility index (Phi) is 3.69. The van der Waals surface area contributed by atoms with Gasteiger partial charge in [-0.15, -0.1) is 0 Å². The zero-order valence-electron chi connectivity index (χ0n) is 11.5. The van der Waals surface area contributed by atoms with Crippen LogP contribution in [-0.2, 0) is 24.7 Å². The molecular formula is C15H18N2O2. The third kappa shape index (κ3) is 2.67. The second-order valence-electron chi connectivity index (χ2n) is 4.65. The molecule has 1 N–H and O–H groups in total. The van der Waals surface area contributed by atoms with E-state index < -0.39 is 5.97 Å². The Morgan fingerprint density at radius 3 is 2.47 bits per heavy atom. The highest BCUT2D eigenvalue weighted by Gasteiger charge is 2.17. The van der Waals surface area contributed by atoms with Crippen LogP contribution in [-0.4, -0.2) is 20.9 Å². The Balaban J connectivity index is 2.50. The van der Waals surface area contributed by atoms with Crippen LogP contribution < -0.4 is 0 Å². The molecule has 2 aromatic rings. The number of nitrogens with zero attached hydrogens (tertiary/aromatic N) is 2. The van der Waals surface area contributed by atoms with Gasteiger partial charge in [0.1, 0.15) is 0 Å². The minimum Gasteiger partial charge on any atom is -0.481 e. The summed E-state index contributed by atoms with van der Waals surface area (Å²) in [5.74, 6) is -0.838. The van der Waals surface area contributed by atoms with Crippen molar-refractivity contribution in [2.75, 3.05) is 0 Å². The van der Waals surface area contributed by atoms with E-state index in [0.717, 1.165) is 28.9 Å². The maximum atomic E-state index is 11.0. The zero-order valence-corrected chi connectivity index (χ0v) is 11.5. The smallest absolute Gasteiger partial charge is 0.309 e. The lowest BCUT2D eigenvalue weighted by molar-refractivity contribution is -0.136. The standard InChI is InChI=1S/C15H18N2O2/c1-4-11-5-7-12(8-6-11)15-10(2)16-17(3)13(15)9-14(18)19/h5-8H,4,9H2,1-3H3,(H,18,19). The number of hydrogen-bond acceptors (Lipinski definition) is 2. The summed E-state index contributed by atoms with van der Waals surface area (Å²) in [6.07, 6.45) is 0.983. The summed E-state index contributed by atoms with van der Waals surface area (Å²) in [6, 6.07) is 8.22. The van der Waals surface area contributed by atoms with E-state index in [1.165, 1.54) is 5.56 Å². The largest absolute Gasteiger partial charge is 0.481 e. The maximum Gasteiger partial charge on any atom is 0.309 e. The van der Waals surface area contributed by atoms with E-state index in [-0.39, 0.29) is 6.42 Å². The third-order valence-corrected chi connectivity index (χ3v) is 3.31. The van der Waals surface area contributed by atoms with Gasteiger partial charge >= 0.3 is 5.97 Å². The van der Waals surface area contributed by atoms with Crippen LogP contribution in [0.25, 0.3) is 11.1 Å². The molecule has 0 atom stereocenters. The number of carboxylic acids is 1. The number of aryl methyl sites for hydroxylation is 3. The molecule has 0 radical (unpaired) electrons. The fourth-order valence-electron chi connectivity index (χ4n) is 2.33. The van der Waals surface area contributed by atoms with E-state index in [4.69, 9.17) is 5.11 Å². The molecule has 0 saturated heterocycles. The van der Waals surface area contributed by atoms with Crippen LogP contribution in [0.1, 0.15) is 23.9 Å². The van der Waals surface area contributed by atoms with E-state index in [1.807, 2.05) is 19.1 Å². The van der Waals surface area contributed by atoms with Crippen molar-refractivity contribution in [1.82, 2.24) is 9.78 Å². The highest BCUT2D eigenvalue weighted by atomic mass is 16.4. The second kappa shape index (κ2) is 5.26. The van der Waals surface area contributed by atoms with Gasteiger partial charge in [0, 0.05) is 12.6 Å². The van der Waals surface area contributed by atoms with Crippen molar-refractivity contribution in [2.45, 2.75) is 26.7 Å². The van der Waals surface area contributed by atoms with E-state index in [2.05, 4.69) is 24.2 Å². The van der Waals surface area contributed by atoms with Gasteiger partial charge in [-0.3, -0.25) is 9.48 Å². The highest BCUT2D eigenvalue weighted by molar-refractivity contribution is 5.76. The molecule has 0 aliphatic carbocycles. The fourth-order valence-corrected chi connectivity index (χ4v) is 2.33. The van der Waals surface area contributed by atoms with Gasteiger partial charge < -0.3 is 5.11 Å². The van der Waals surface area contributed by atoms with Gasteiger partial charge in [0.15, 0.2) is 0 Å². The molecule has 0 aliphatic rings. The fraction of sp³-hybridized carbons (Fsp3) is 0.333. The Morgan fingerprint density at radius 1 is 1.32 bits per heavy atom. The number of aromatic nitrogens is 2. The first-order valence-corrected chi connectivity index (χ1v) is 6.36. The molecule has 100 valence electrons. The van der Waals surface area contributed by atoms with Crippen LogP contribution in [0.2, 0.25) is 0 Å². The van der Waals surface area contributed by atoms with E-state index >= 15 is 0 Å². The normalized spacial score (nSPS) is 10.7. The third-order valence-electron chi connectivity index (χ3n) is 3.31. The highest BCUT2D eigenvalue weighted by Crippen LogP contribution is 2.27. The van der Waals surface area contributed by atoms with Crippen LogP contribution in [0.15, 0.2) is 24.3 Å². The summed E-state index contributed by atoms with van der Waals surface area (Å²) in [7, 11) is 1.79. The lowest BCUT2D eigenvalue weighted by atomic mass is 10.00. The molecule has 0 spiro atoms. The first-order valence-electron chi connectivity index (χ1n) is 6.36. The molecule has 0 aliphatic heterocycles. The topological polar surface area (TPSA) is 55.1 Å². The van der Waals surface area contributed by atoms with Gasteiger partial charge in [-0.1, -0.05) is 31.2 Å². The zero-order chi connectivity index (χ0) is 14.0. The minimum atomic E-state index is -0.838. The average Bonchev–Trinajstić information content (AvgIpc) is 2.64. The van der Waals surface area contributed by atoms with Crippen LogP contribution in [0.5, 0.6) is 0 Å². The van der Waals surface area contributed by atoms with E-state index in [1.54, 1.807) is 11.7 Å². The van der Waals surface area contributed by atoms with Gasteiger partial charge in [0.25, 0.3) is 0 Å². The molecule has 1 heterocycles. The predicted molar refractivity (Wildman–Crippen MR) is 74.1 cm³/mol. The lowest BCUT2D eigenvalue weighted by Gasteiger charge is -2.06. The molecule has 0 unspecified atom stereocenters. The quantitative estimate of drug-likeness (QED) is 0.917. The first kappa shape index (κ1) is 13.3. The number of benzene rings is 1. The van der Waals surface area contributed by atoms with Crippen molar-refractivity contribution in [3.05, 3.63) is 41.2 Å². The van der Waals surface area contributed by atoms with Gasteiger partial charge in [-0.25, -0.2) is 0 Å². The molecular weight excluding hydrogens is 240 g/mol. The molecule has 4 nitrogen and oxygen atoms in total. The van der Waals surface area contributed by atoms with Crippen LogP contribution in [0.3, 0.4) is 0 Å². The second-order valence-corrected chi connectivity index (χ2v) is 4.65. The molecule has 0 fully saturated rings. The summed E-state index contributed by atoms with van der Waals surface area (Å²) in [6.45, 7) is 4.02. The SMILES string of the molecule is CCc1ccc(-c2c(C)nn(C)c2CC(=O)O)cc1. The van der Waals surface area contributed by atoms with Gasteiger partial charge in [0.2, 0.25) is 0 Å². The van der Waals surface area contributed by atoms with Gasteiger partial charge in [0.05, 0.1) is 17.8 Å². The summed E-state index contributed by atoms with van der Waals surface area (Å²) in [4.78, 5) is 11.0. The van der Waals surface area contributed by atoms with Crippen molar-refractivity contribution in [3.63, 3.8) is 0 Å². The summed E-state index contributed by atoms with van der Waals surface area (Å²) < 4.78 is 1.66. The van der Waals surface area contributed by atoms with E-state index in [0.29, 0.717) is 0 Å². The Bertz CT molecular complexity index is 597. The van der Waals surface area contributed by atoms with Crippen molar-refractivity contribution in [2.24, 2.45) is 7.05 Å². The molecule has 2 rings (SSSR count). The molecule has 1 aromatic heterocycles. The minimum absolute atomic E-state index is 0.0117. The van der Waals surface area contributed by atoms with Crippen molar-refractivity contribution in [1.29, 1.82) is 0 Å². The summed E-state index contributed by atoms with van der Waals surface area (Å²) >= 11 is 0. The first-order chi connectivity index (χ1) is 9.02. The molecule has 0 bridgehead atoms. The van der Waals surface area contributed by atoms with Gasteiger partial charge in [-0.05, 0) is 24.5 Å². The molecule has 4 heteroatoms. The number of carbonyl (C=O) groups is 1. The van der Waals surface area contributed by atoms with E-state index in [9.17, 15) is 4.79 Å². The Hall–Kier alpha value is -2.10. The molecule has 0 amide bonds. The molecule has 19 heavy (non-hydrogen) atoms. The van der Waals surface area contributed by atoms with Crippen LogP contribution in [0, 0.1) is 6.92 Å². The molecule has 0 saturated carbocycles. The van der Waals surface area contributed by atoms with Gasteiger partial charge in [-0.2, -0.15) is 5.10 Å². The number of carboxylic acid groups (broad SMARTS) is 1.